The van der Waals surface area contributed by atoms with E-state index in [1.54, 1.807) is 0 Å². The largest absolute Gasteiger partial charge is 0.274 e. The van der Waals surface area contributed by atoms with Crippen molar-refractivity contribution >= 4 is 21.6 Å². The van der Waals surface area contributed by atoms with Crippen LogP contribution in [0, 0.1) is 5.82 Å². The minimum atomic E-state index is -3.45. The lowest BCUT2D eigenvalue weighted by Crippen LogP contribution is -2.08. The van der Waals surface area contributed by atoms with Crippen LogP contribution >= 0.6 is 11.8 Å². The second-order valence-corrected chi connectivity index (χ2v) is 10.4. The average Bonchev–Trinajstić information content (AvgIpc) is 3.20. The van der Waals surface area contributed by atoms with E-state index in [1.807, 2.05) is 53.1 Å². The number of benzene rings is 3. The fourth-order valence-corrected chi connectivity index (χ4v) is 5.70. The number of sulfone groups is 1. The molecule has 1 heterocycles. The summed E-state index contributed by atoms with van der Waals surface area (Å²) in [5.74, 6) is 0.925. The zero-order chi connectivity index (χ0) is 22.4. The molecule has 0 amide bonds. The average molecular weight is 468 g/mol. The SMILES string of the molecule is O=S(=O)(CCCSc1nnc(Cc2ccccc2)n1-c1ccccc1)c1ccc(F)cc1. The van der Waals surface area contributed by atoms with Crippen LogP contribution in [0.15, 0.2) is 95.0 Å². The van der Waals surface area contributed by atoms with Gasteiger partial charge in [0.05, 0.1) is 10.6 Å². The molecule has 0 saturated carbocycles. The Morgan fingerprint density at radius 2 is 1.50 bits per heavy atom. The second-order valence-electron chi connectivity index (χ2n) is 7.21. The zero-order valence-electron chi connectivity index (χ0n) is 17.3. The van der Waals surface area contributed by atoms with Crippen molar-refractivity contribution in [3.05, 3.63) is 102 Å². The van der Waals surface area contributed by atoms with Crippen molar-refractivity contribution in [3.63, 3.8) is 0 Å². The molecule has 4 rings (SSSR count). The van der Waals surface area contributed by atoms with Crippen LogP contribution in [-0.4, -0.2) is 34.7 Å². The predicted octanol–water partition coefficient (Wildman–Crippen LogP) is 4.95. The molecule has 0 fully saturated rings. The van der Waals surface area contributed by atoms with Gasteiger partial charge in [-0.2, -0.15) is 0 Å². The monoisotopic (exact) mass is 467 g/mol. The Balaban J connectivity index is 1.47. The van der Waals surface area contributed by atoms with Crippen molar-refractivity contribution in [1.29, 1.82) is 0 Å². The van der Waals surface area contributed by atoms with Gasteiger partial charge in [-0.05, 0) is 48.4 Å². The predicted molar refractivity (Wildman–Crippen MR) is 124 cm³/mol. The van der Waals surface area contributed by atoms with Crippen molar-refractivity contribution in [1.82, 2.24) is 14.8 Å². The summed E-state index contributed by atoms with van der Waals surface area (Å²) < 4.78 is 40.1. The van der Waals surface area contributed by atoms with Gasteiger partial charge < -0.3 is 0 Å². The molecular weight excluding hydrogens is 445 g/mol. The Bertz CT molecular complexity index is 1260. The summed E-state index contributed by atoms with van der Waals surface area (Å²) in [5.41, 5.74) is 2.10. The number of nitrogens with zero attached hydrogens (tertiary/aromatic N) is 3. The Labute approximate surface area is 191 Å². The number of para-hydroxylation sites is 1. The Morgan fingerprint density at radius 3 is 2.19 bits per heavy atom. The molecule has 0 aliphatic heterocycles. The van der Waals surface area contributed by atoms with Crippen LogP contribution in [0.5, 0.6) is 0 Å². The van der Waals surface area contributed by atoms with Gasteiger partial charge >= 0.3 is 0 Å². The summed E-state index contributed by atoms with van der Waals surface area (Å²) in [6, 6.07) is 24.9. The summed E-state index contributed by atoms with van der Waals surface area (Å²) in [6.07, 6.45) is 1.09. The maximum absolute atomic E-state index is 13.1. The van der Waals surface area contributed by atoms with Crippen LogP contribution < -0.4 is 0 Å². The van der Waals surface area contributed by atoms with Crippen LogP contribution in [-0.2, 0) is 16.3 Å². The first-order valence-electron chi connectivity index (χ1n) is 10.2. The summed E-state index contributed by atoms with van der Waals surface area (Å²) >= 11 is 1.48. The number of rotatable bonds is 9. The minimum Gasteiger partial charge on any atom is -0.274 e. The van der Waals surface area contributed by atoms with E-state index in [2.05, 4.69) is 22.3 Å². The van der Waals surface area contributed by atoms with E-state index < -0.39 is 15.7 Å². The molecule has 0 atom stereocenters. The highest BCUT2D eigenvalue weighted by molar-refractivity contribution is 7.99. The zero-order valence-corrected chi connectivity index (χ0v) is 18.9. The molecule has 32 heavy (non-hydrogen) atoms. The van der Waals surface area contributed by atoms with Gasteiger partial charge in [0.25, 0.3) is 0 Å². The molecule has 0 aliphatic rings. The smallest absolute Gasteiger partial charge is 0.195 e. The van der Waals surface area contributed by atoms with Gasteiger partial charge in [-0.15, -0.1) is 10.2 Å². The van der Waals surface area contributed by atoms with Crippen molar-refractivity contribution in [2.75, 3.05) is 11.5 Å². The summed E-state index contributed by atoms with van der Waals surface area (Å²) in [6.45, 7) is 0. The first kappa shape index (κ1) is 22.2. The van der Waals surface area contributed by atoms with Crippen LogP contribution in [0.1, 0.15) is 17.8 Å². The van der Waals surface area contributed by atoms with Gasteiger partial charge in [0.15, 0.2) is 15.0 Å². The van der Waals surface area contributed by atoms with Crippen LogP contribution in [0.4, 0.5) is 4.39 Å². The van der Waals surface area contributed by atoms with E-state index in [4.69, 9.17) is 0 Å². The van der Waals surface area contributed by atoms with Crippen molar-refractivity contribution in [2.24, 2.45) is 0 Å². The van der Waals surface area contributed by atoms with Gasteiger partial charge in [-0.1, -0.05) is 60.3 Å². The maximum Gasteiger partial charge on any atom is 0.195 e. The fourth-order valence-electron chi connectivity index (χ4n) is 3.30. The van der Waals surface area contributed by atoms with Crippen LogP contribution in [0.25, 0.3) is 5.69 Å². The Morgan fingerprint density at radius 1 is 0.844 bits per heavy atom. The Hall–Kier alpha value is -2.97. The lowest BCUT2D eigenvalue weighted by atomic mass is 10.1. The third-order valence-electron chi connectivity index (χ3n) is 4.88. The van der Waals surface area contributed by atoms with Crippen molar-refractivity contribution in [3.8, 4) is 5.69 Å². The number of hydrogen-bond acceptors (Lipinski definition) is 5. The topological polar surface area (TPSA) is 64.8 Å². The maximum atomic E-state index is 13.1. The first-order chi connectivity index (χ1) is 15.5. The minimum absolute atomic E-state index is 0.0119. The van der Waals surface area contributed by atoms with Gasteiger partial charge in [-0.25, -0.2) is 12.8 Å². The highest BCUT2D eigenvalue weighted by Crippen LogP contribution is 2.24. The molecule has 0 bridgehead atoms. The molecule has 0 N–H and O–H groups in total. The van der Waals surface area contributed by atoms with E-state index in [0.29, 0.717) is 18.6 Å². The molecule has 4 aromatic rings. The molecule has 3 aromatic carbocycles. The van der Waals surface area contributed by atoms with Crippen molar-refractivity contribution < 1.29 is 12.8 Å². The normalized spacial score (nSPS) is 11.5. The Kier molecular flexibility index (Phi) is 7.02. The van der Waals surface area contributed by atoms with E-state index >= 15 is 0 Å². The first-order valence-corrected chi connectivity index (χ1v) is 12.8. The molecule has 0 saturated heterocycles. The lowest BCUT2D eigenvalue weighted by molar-refractivity contribution is 0.593. The fraction of sp³-hybridized carbons (Fsp3) is 0.167. The third-order valence-corrected chi connectivity index (χ3v) is 7.71. The molecule has 0 radical (unpaired) electrons. The summed E-state index contributed by atoms with van der Waals surface area (Å²) in [4.78, 5) is 0.140. The summed E-state index contributed by atoms with van der Waals surface area (Å²) in [5, 5.41) is 9.51. The second kappa shape index (κ2) is 10.1. The van der Waals surface area contributed by atoms with Crippen molar-refractivity contribution in [2.45, 2.75) is 22.9 Å². The van der Waals surface area contributed by atoms with Crippen LogP contribution in [0.2, 0.25) is 0 Å². The third kappa shape index (κ3) is 5.44. The molecule has 0 unspecified atom stereocenters. The number of thioether (sulfide) groups is 1. The van der Waals surface area contributed by atoms with Gasteiger partial charge in [0.2, 0.25) is 0 Å². The summed E-state index contributed by atoms with van der Waals surface area (Å²) in [7, 11) is -3.45. The standard InChI is InChI=1S/C24H22FN3O2S2/c25-20-12-14-22(15-13-20)32(29,30)17-7-16-31-24-27-26-23(18-19-8-3-1-4-9-19)28(24)21-10-5-2-6-11-21/h1-6,8-15H,7,16-18H2. The van der Waals surface area contributed by atoms with E-state index in [-0.39, 0.29) is 10.6 Å². The van der Waals surface area contributed by atoms with E-state index in [0.717, 1.165) is 34.4 Å². The molecular formula is C24H22FN3O2S2. The van der Waals surface area contributed by atoms with Gasteiger partial charge in [-0.3, -0.25) is 4.57 Å². The lowest BCUT2D eigenvalue weighted by Gasteiger charge is -2.10. The highest BCUT2D eigenvalue weighted by Gasteiger charge is 2.17. The quantitative estimate of drug-likeness (QED) is 0.198. The molecule has 1 aromatic heterocycles. The number of halogens is 1. The highest BCUT2D eigenvalue weighted by atomic mass is 32.2. The van der Waals surface area contributed by atoms with Gasteiger partial charge in [0, 0.05) is 17.9 Å². The molecule has 8 heteroatoms. The van der Waals surface area contributed by atoms with E-state index in [9.17, 15) is 12.8 Å². The van der Waals surface area contributed by atoms with E-state index in [1.165, 1.54) is 23.9 Å². The molecule has 0 aliphatic carbocycles. The van der Waals surface area contributed by atoms with Gasteiger partial charge in [0.1, 0.15) is 11.6 Å². The van der Waals surface area contributed by atoms with Crippen LogP contribution in [0.3, 0.4) is 0 Å². The number of aromatic nitrogens is 3. The molecule has 5 nitrogen and oxygen atoms in total. The molecule has 0 spiro atoms. The number of hydrogen-bond donors (Lipinski definition) is 0. The molecule has 164 valence electrons.